The van der Waals surface area contributed by atoms with Gasteiger partial charge in [0.05, 0.1) is 6.20 Å². The standard InChI is InChI=1S/C6H6N4O.2BrH/c7-4-3-9-6-8-1-2-10(6)5(4)11;;/h1-3H,7H2,(H,8,9);2*1H. The smallest absolute Gasteiger partial charge is 0.282 e. The van der Waals surface area contributed by atoms with Crippen molar-refractivity contribution in [2.75, 3.05) is 5.73 Å². The molecule has 0 spiro atoms. The molecule has 3 N–H and O–H groups in total. The lowest BCUT2D eigenvalue weighted by atomic mass is 10.5. The van der Waals surface area contributed by atoms with Gasteiger partial charge in [0.2, 0.25) is 5.78 Å². The third-order valence-electron chi connectivity index (χ3n) is 1.46. The summed E-state index contributed by atoms with van der Waals surface area (Å²) in [5.74, 6) is 0.504. The largest absolute Gasteiger partial charge is 0.393 e. The summed E-state index contributed by atoms with van der Waals surface area (Å²) in [4.78, 5) is 17.8. The summed E-state index contributed by atoms with van der Waals surface area (Å²) in [5.41, 5.74) is 5.25. The van der Waals surface area contributed by atoms with Crippen molar-refractivity contribution >= 4 is 45.4 Å². The number of fused-ring (bicyclic) bond motifs is 1. The average molecular weight is 312 g/mol. The van der Waals surface area contributed by atoms with Crippen molar-refractivity contribution in [3.63, 3.8) is 0 Å². The van der Waals surface area contributed by atoms with Gasteiger partial charge in [-0.3, -0.25) is 9.20 Å². The lowest BCUT2D eigenvalue weighted by molar-refractivity contribution is 1.06. The molecule has 0 aliphatic heterocycles. The van der Waals surface area contributed by atoms with Crippen molar-refractivity contribution < 1.29 is 0 Å². The first-order chi connectivity index (χ1) is 5.29. The number of hydrogen-bond donors (Lipinski definition) is 2. The molecule has 2 aromatic heterocycles. The van der Waals surface area contributed by atoms with Crippen molar-refractivity contribution in [1.29, 1.82) is 0 Å². The van der Waals surface area contributed by atoms with E-state index in [4.69, 9.17) is 5.73 Å². The molecule has 0 unspecified atom stereocenters. The number of nitrogens with one attached hydrogen (secondary N) is 1. The number of anilines is 1. The quantitative estimate of drug-likeness (QED) is 0.754. The molecule has 0 atom stereocenters. The monoisotopic (exact) mass is 310 g/mol. The van der Waals surface area contributed by atoms with Gasteiger partial charge in [0, 0.05) is 12.4 Å². The maximum atomic E-state index is 11.2. The molecule has 0 saturated carbocycles. The van der Waals surface area contributed by atoms with E-state index in [9.17, 15) is 4.79 Å². The van der Waals surface area contributed by atoms with Crippen molar-refractivity contribution in [3.8, 4) is 0 Å². The SMILES string of the molecule is Br.Br.Nc1cnc2[nH]ccn2c1=O. The minimum absolute atomic E-state index is 0. The van der Waals surface area contributed by atoms with Gasteiger partial charge in [-0.05, 0) is 0 Å². The molecule has 0 aliphatic carbocycles. The van der Waals surface area contributed by atoms with E-state index in [-0.39, 0.29) is 45.2 Å². The molecule has 2 rings (SSSR count). The Morgan fingerprint density at radius 2 is 2.15 bits per heavy atom. The molecule has 0 aromatic carbocycles. The summed E-state index contributed by atoms with van der Waals surface area (Å²) in [6.45, 7) is 0. The zero-order valence-corrected chi connectivity index (χ0v) is 9.85. The van der Waals surface area contributed by atoms with Gasteiger partial charge in [0.25, 0.3) is 5.56 Å². The number of halogens is 2. The first kappa shape index (κ1) is 12.2. The van der Waals surface area contributed by atoms with Crippen LogP contribution in [0.25, 0.3) is 5.78 Å². The maximum Gasteiger partial charge on any atom is 0.282 e. The number of nitrogens with two attached hydrogens (primary N) is 1. The highest BCUT2D eigenvalue weighted by Gasteiger charge is 1.99. The molecule has 0 saturated heterocycles. The van der Waals surface area contributed by atoms with E-state index in [0.717, 1.165) is 0 Å². The van der Waals surface area contributed by atoms with Gasteiger partial charge in [-0.25, -0.2) is 4.98 Å². The molecule has 13 heavy (non-hydrogen) atoms. The molecule has 0 radical (unpaired) electrons. The second-order valence-electron chi connectivity index (χ2n) is 2.17. The molecular formula is C6H8Br2N4O. The van der Waals surface area contributed by atoms with Gasteiger partial charge in [-0.15, -0.1) is 34.0 Å². The molecule has 72 valence electrons. The highest BCUT2D eigenvalue weighted by atomic mass is 79.9. The molecule has 2 aromatic rings. The third kappa shape index (κ3) is 1.92. The molecule has 0 bridgehead atoms. The van der Waals surface area contributed by atoms with E-state index in [1.54, 1.807) is 12.4 Å². The van der Waals surface area contributed by atoms with E-state index >= 15 is 0 Å². The lowest BCUT2D eigenvalue weighted by Crippen LogP contribution is -2.16. The fourth-order valence-corrected chi connectivity index (χ4v) is 0.915. The Labute approximate surface area is 94.5 Å². The van der Waals surface area contributed by atoms with Gasteiger partial charge in [0.15, 0.2) is 0 Å². The number of nitrogens with zero attached hydrogens (tertiary/aromatic N) is 2. The molecular weight excluding hydrogens is 304 g/mol. The van der Waals surface area contributed by atoms with Gasteiger partial charge in [0.1, 0.15) is 5.69 Å². The van der Waals surface area contributed by atoms with Gasteiger partial charge in [-0.1, -0.05) is 0 Å². The summed E-state index contributed by atoms with van der Waals surface area (Å²) in [6.07, 6.45) is 4.55. The molecule has 0 fully saturated rings. The Hall–Kier alpha value is -0.820. The van der Waals surface area contributed by atoms with Crippen LogP contribution in [-0.2, 0) is 0 Å². The Morgan fingerprint density at radius 3 is 2.85 bits per heavy atom. The predicted molar refractivity (Wildman–Crippen MR) is 60.9 cm³/mol. The topological polar surface area (TPSA) is 76.2 Å². The molecule has 0 aliphatic rings. The number of H-pyrrole nitrogens is 1. The maximum absolute atomic E-state index is 11.2. The van der Waals surface area contributed by atoms with Crippen LogP contribution in [0.2, 0.25) is 0 Å². The van der Waals surface area contributed by atoms with Crippen LogP contribution in [0, 0.1) is 0 Å². The zero-order valence-electron chi connectivity index (χ0n) is 6.43. The van der Waals surface area contributed by atoms with E-state index in [1.165, 1.54) is 10.6 Å². The molecule has 5 nitrogen and oxygen atoms in total. The first-order valence-electron chi connectivity index (χ1n) is 3.09. The Bertz CT molecular complexity index is 449. The van der Waals surface area contributed by atoms with Crippen molar-refractivity contribution in [1.82, 2.24) is 14.4 Å². The van der Waals surface area contributed by atoms with Crippen LogP contribution >= 0.6 is 34.0 Å². The van der Waals surface area contributed by atoms with Crippen molar-refractivity contribution in [2.24, 2.45) is 0 Å². The van der Waals surface area contributed by atoms with E-state index in [0.29, 0.717) is 5.78 Å². The van der Waals surface area contributed by atoms with Crippen LogP contribution in [0.4, 0.5) is 5.69 Å². The minimum atomic E-state index is -0.240. The average Bonchev–Trinajstić information content (AvgIpc) is 2.45. The minimum Gasteiger partial charge on any atom is -0.393 e. The van der Waals surface area contributed by atoms with Crippen LogP contribution in [0.3, 0.4) is 0 Å². The Balaban J connectivity index is 0.000000720. The zero-order chi connectivity index (χ0) is 7.84. The van der Waals surface area contributed by atoms with Gasteiger partial charge < -0.3 is 10.7 Å². The summed E-state index contributed by atoms with van der Waals surface area (Å²) in [5, 5.41) is 0. The summed E-state index contributed by atoms with van der Waals surface area (Å²) in [6, 6.07) is 0. The number of hydrogen-bond acceptors (Lipinski definition) is 3. The van der Waals surface area contributed by atoms with Crippen LogP contribution in [0.5, 0.6) is 0 Å². The van der Waals surface area contributed by atoms with Crippen molar-refractivity contribution in [2.45, 2.75) is 0 Å². The van der Waals surface area contributed by atoms with Crippen LogP contribution in [-0.4, -0.2) is 14.4 Å². The Morgan fingerprint density at radius 1 is 1.46 bits per heavy atom. The number of aromatic nitrogens is 3. The van der Waals surface area contributed by atoms with Crippen LogP contribution < -0.4 is 11.3 Å². The number of nitrogen functional groups attached to an aromatic ring is 1. The third-order valence-corrected chi connectivity index (χ3v) is 1.46. The first-order valence-corrected chi connectivity index (χ1v) is 3.09. The van der Waals surface area contributed by atoms with Gasteiger partial charge >= 0.3 is 0 Å². The van der Waals surface area contributed by atoms with E-state index < -0.39 is 0 Å². The fraction of sp³-hybridized carbons (Fsp3) is 0. The van der Waals surface area contributed by atoms with E-state index in [1.807, 2.05) is 0 Å². The van der Waals surface area contributed by atoms with Crippen molar-refractivity contribution in [3.05, 3.63) is 28.9 Å². The van der Waals surface area contributed by atoms with Gasteiger partial charge in [-0.2, -0.15) is 0 Å². The van der Waals surface area contributed by atoms with Crippen LogP contribution in [0.1, 0.15) is 0 Å². The number of imidazole rings is 1. The second kappa shape index (κ2) is 4.43. The molecule has 2 heterocycles. The predicted octanol–water partition coefficient (Wildman–Crippen LogP) is 0.761. The van der Waals surface area contributed by atoms with Crippen LogP contribution in [0.15, 0.2) is 23.4 Å². The highest BCUT2D eigenvalue weighted by Crippen LogP contribution is 1.93. The fourth-order valence-electron chi connectivity index (χ4n) is 0.915. The second-order valence-corrected chi connectivity index (χ2v) is 2.17. The number of rotatable bonds is 0. The summed E-state index contributed by atoms with van der Waals surface area (Å²) in [7, 11) is 0. The van der Waals surface area contributed by atoms with E-state index in [2.05, 4.69) is 9.97 Å². The number of aromatic amines is 1. The molecule has 7 heteroatoms. The lowest BCUT2D eigenvalue weighted by Gasteiger charge is -1.91. The highest BCUT2D eigenvalue weighted by molar-refractivity contribution is 8.93. The molecule has 0 amide bonds. The summed E-state index contributed by atoms with van der Waals surface area (Å²) >= 11 is 0. The normalized spacial score (nSPS) is 8.92. The summed E-state index contributed by atoms with van der Waals surface area (Å²) < 4.78 is 1.36. The Kier molecular flexibility index (Phi) is 4.15.